The van der Waals surface area contributed by atoms with Crippen molar-refractivity contribution in [2.24, 2.45) is 5.41 Å². The molecule has 1 aromatic rings. The van der Waals surface area contributed by atoms with E-state index in [4.69, 9.17) is 0 Å². The van der Waals surface area contributed by atoms with E-state index in [1.54, 1.807) is 6.20 Å². The molecule has 0 saturated heterocycles. The molecule has 0 aliphatic heterocycles. The Morgan fingerprint density at radius 3 is 2.80 bits per heavy atom. The first-order valence-electron chi connectivity index (χ1n) is 7.28. The lowest BCUT2D eigenvalue weighted by Gasteiger charge is -2.15. The number of carbonyl (C=O) groups is 1. The second kappa shape index (κ2) is 6.57. The summed E-state index contributed by atoms with van der Waals surface area (Å²) >= 11 is 3.38. The number of carbonyl (C=O) groups excluding carboxylic acids is 1. The summed E-state index contributed by atoms with van der Waals surface area (Å²) in [7, 11) is 0. The van der Waals surface area contributed by atoms with Crippen molar-refractivity contribution in [3.05, 3.63) is 22.3 Å². The molecule has 0 spiro atoms. The van der Waals surface area contributed by atoms with E-state index < -0.39 is 0 Å². The quantitative estimate of drug-likeness (QED) is 0.798. The molecule has 1 saturated carbocycles. The Morgan fingerprint density at radius 2 is 2.20 bits per heavy atom. The van der Waals surface area contributed by atoms with Gasteiger partial charge in [0.1, 0.15) is 5.82 Å². The number of pyridine rings is 1. The lowest BCUT2D eigenvalue weighted by molar-refractivity contribution is 0.0945. The van der Waals surface area contributed by atoms with Crippen LogP contribution in [0.5, 0.6) is 0 Å². The molecule has 0 radical (unpaired) electrons. The minimum atomic E-state index is -0.0443. The molecule has 2 N–H and O–H groups in total. The average Bonchev–Trinajstić information content (AvgIpc) is 3.24. The summed E-state index contributed by atoms with van der Waals surface area (Å²) in [4.78, 5) is 16.7. The van der Waals surface area contributed by atoms with Gasteiger partial charge < -0.3 is 10.6 Å². The molecule has 1 aromatic heterocycles. The fraction of sp³-hybridized carbons (Fsp3) is 0.600. The van der Waals surface area contributed by atoms with Crippen molar-refractivity contribution in [3.63, 3.8) is 0 Å². The summed E-state index contributed by atoms with van der Waals surface area (Å²) in [6.45, 7) is 5.85. The zero-order valence-corrected chi connectivity index (χ0v) is 13.7. The molecule has 20 heavy (non-hydrogen) atoms. The van der Waals surface area contributed by atoms with E-state index in [-0.39, 0.29) is 5.91 Å². The molecule has 110 valence electrons. The van der Waals surface area contributed by atoms with Gasteiger partial charge in [-0.2, -0.15) is 0 Å². The number of nitrogens with one attached hydrogen (secondary N) is 2. The van der Waals surface area contributed by atoms with E-state index in [2.05, 4.69) is 45.4 Å². The predicted octanol–water partition coefficient (Wildman–Crippen LogP) is 3.59. The molecular formula is C15H22BrN3O. The topological polar surface area (TPSA) is 54.0 Å². The van der Waals surface area contributed by atoms with Crippen LogP contribution in [-0.2, 0) is 0 Å². The van der Waals surface area contributed by atoms with Gasteiger partial charge in [0.05, 0.1) is 5.56 Å². The van der Waals surface area contributed by atoms with Crippen molar-refractivity contribution >= 4 is 27.7 Å². The van der Waals surface area contributed by atoms with Crippen molar-refractivity contribution in [3.8, 4) is 0 Å². The highest BCUT2D eigenvalue weighted by Crippen LogP contribution is 2.47. The molecule has 0 unspecified atom stereocenters. The fourth-order valence-electron chi connectivity index (χ4n) is 2.19. The molecule has 5 heteroatoms. The van der Waals surface area contributed by atoms with Crippen LogP contribution in [0.15, 0.2) is 16.7 Å². The minimum Gasteiger partial charge on any atom is -0.369 e. The van der Waals surface area contributed by atoms with Gasteiger partial charge in [-0.15, -0.1) is 0 Å². The van der Waals surface area contributed by atoms with Crippen molar-refractivity contribution in [2.75, 3.05) is 18.4 Å². The van der Waals surface area contributed by atoms with Crippen LogP contribution < -0.4 is 10.6 Å². The Hall–Kier alpha value is -1.10. The number of amides is 1. The number of halogens is 1. The smallest absolute Gasteiger partial charge is 0.255 e. The number of nitrogens with zero attached hydrogens (tertiary/aromatic N) is 1. The van der Waals surface area contributed by atoms with E-state index in [0.29, 0.717) is 16.8 Å². The molecule has 4 nitrogen and oxygen atoms in total. The van der Waals surface area contributed by atoms with Crippen molar-refractivity contribution in [2.45, 2.75) is 39.5 Å². The lowest BCUT2D eigenvalue weighted by atomic mass is 10.0. The zero-order valence-electron chi connectivity index (χ0n) is 12.1. The van der Waals surface area contributed by atoms with Crippen molar-refractivity contribution in [1.82, 2.24) is 10.3 Å². The van der Waals surface area contributed by atoms with Crippen LogP contribution in [0.4, 0.5) is 5.82 Å². The molecule has 1 aliphatic rings. The summed E-state index contributed by atoms with van der Waals surface area (Å²) in [6, 6.07) is 1.83. The van der Waals surface area contributed by atoms with E-state index in [1.165, 1.54) is 12.8 Å². The summed E-state index contributed by atoms with van der Waals surface area (Å²) in [5.74, 6) is 0.617. The van der Waals surface area contributed by atoms with Gasteiger partial charge >= 0.3 is 0 Å². The Balaban J connectivity index is 2.05. The van der Waals surface area contributed by atoms with Gasteiger partial charge in [0, 0.05) is 23.8 Å². The maximum Gasteiger partial charge on any atom is 0.255 e. The Morgan fingerprint density at radius 1 is 1.45 bits per heavy atom. The fourth-order valence-corrected chi connectivity index (χ4v) is 2.52. The van der Waals surface area contributed by atoms with Gasteiger partial charge in [-0.05, 0) is 53.1 Å². The Kier molecular flexibility index (Phi) is 5.02. The Labute approximate surface area is 128 Å². The lowest BCUT2D eigenvalue weighted by Crippen LogP contribution is -2.30. The number of aromatic nitrogens is 1. The second-order valence-corrected chi connectivity index (χ2v) is 6.43. The highest BCUT2D eigenvalue weighted by Gasteiger charge is 2.40. The largest absolute Gasteiger partial charge is 0.369 e. The summed E-state index contributed by atoms with van der Waals surface area (Å²) in [5.41, 5.74) is 0.964. The second-order valence-electron chi connectivity index (χ2n) is 5.51. The summed E-state index contributed by atoms with van der Waals surface area (Å²) in [5, 5.41) is 6.26. The van der Waals surface area contributed by atoms with E-state index >= 15 is 0 Å². The van der Waals surface area contributed by atoms with Gasteiger partial charge in [-0.25, -0.2) is 4.98 Å². The van der Waals surface area contributed by atoms with Gasteiger partial charge in [0.2, 0.25) is 0 Å². The van der Waals surface area contributed by atoms with Gasteiger partial charge in [0.25, 0.3) is 5.91 Å². The third-order valence-corrected chi connectivity index (χ3v) is 4.41. The maximum absolute atomic E-state index is 12.4. The third-order valence-electron chi connectivity index (χ3n) is 3.97. The van der Waals surface area contributed by atoms with Crippen molar-refractivity contribution < 1.29 is 4.79 Å². The van der Waals surface area contributed by atoms with E-state index in [1.807, 2.05) is 6.07 Å². The first kappa shape index (κ1) is 15.3. The van der Waals surface area contributed by atoms with Gasteiger partial charge in [-0.1, -0.05) is 13.8 Å². The van der Waals surface area contributed by atoms with Gasteiger partial charge in [-0.3, -0.25) is 4.79 Å². The highest BCUT2D eigenvalue weighted by molar-refractivity contribution is 9.10. The number of hydrogen-bond donors (Lipinski definition) is 2. The molecule has 1 heterocycles. The average molecular weight is 340 g/mol. The van der Waals surface area contributed by atoms with Crippen molar-refractivity contribution in [1.29, 1.82) is 0 Å². The molecule has 0 atom stereocenters. The normalized spacial score (nSPS) is 15.8. The molecule has 0 bridgehead atoms. The summed E-state index contributed by atoms with van der Waals surface area (Å²) < 4.78 is 0.821. The summed E-state index contributed by atoms with van der Waals surface area (Å²) in [6.07, 6.45) is 6.29. The Bertz CT molecular complexity index is 486. The molecule has 1 aliphatic carbocycles. The van der Waals surface area contributed by atoms with Crippen LogP contribution in [0.25, 0.3) is 0 Å². The maximum atomic E-state index is 12.4. The molecule has 0 aromatic carbocycles. The highest BCUT2D eigenvalue weighted by atomic mass is 79.9. The SMILES string of the molecule is CCCNc1ncc(Br)cc1C(=O)NCC1(CC)CC1. The number of hydrogen-bond acceptors (Lipinski definition) is 3. The monoisotopic (exact) mass is 339 g/mol. The number of rotatable bonds is 7. The van der Waals surface area contributed by atoms with Gasteiger partial charge in [0.15, 0.2) is 0 Å². The zero-order chi connectivity index (χ0) is 14.6. The number of anilines is 1. The predicted molar refractivity (Wildman–Crippen MR) is 85.0 cm³/mol. The molecular weight excluding hydrogens is 318 g/mol. The first-order valence-corrected chi connectivity index (χ1v) is 8.07. The van der Waals surface area contributed by atoms with Crippen LogP contribution in [0, 0.1) is 5.41 Å². The molecule has 1 amide bonds. The third kappa shape index (κ3) is 3.72. The van der Waals surface area contributed by atoms with Crippen LogP contribution in [0.3, 0.4) is 0 Å². The van der Waals surface area contributed by atoms with Crippen LogP contribution in [0.1, 0.15) is 49.9 Å². The van der Waals surface area contributed by atoms with Crippen LogP contribution in [0.2, 0.25) is 0 Å². The molecule has 2 rings (SSSR count). The van der Waals surface area contributed by atoms with Crippen LogP contribution >= 0.6 is 15.9 Å². The van der Waals surface area contributed by atoms with E-state index in [9.17, 15) is 4.79 Å². The molecule has 1 fully saturated rings. The minimum absolute atomic E-state index is 0.0443. The van der Waals surface area contributed by atoms with E-state index in [0.717, 1.165) is 30.4 Å². The first-order chi connectivity index (χ1) is 9.60. The standard InChI is InChI=1S/C15H22BrN3O/c1-3-7-17-13-12(8-11(16)9-18-13)14(20)19-10-15(4-2)5-6-15/h8-9H,3-7,10H2,1-2H3,(H,17,18)(H,19,20). The van der Waals surface area contributed by atoms with Crippen LogP contribution in [-0.4, -0.2) is 24.0 Å².